The van der Waals surface area contributed by atoms with Crippen molar-refractivity contribution < 1.29 is 19.1 Å². The average molecular weight is 527 g/mol. The number of carbonyl (C=O) groups is 3. The van der Waals surface area contributed by atoms with E-state index in [4.69, 9.17) is 4.74 Å². The molecule has 0 aromatic carbocycles. The summed E-state index contributed by atoms with van der Waals surface area (Å²) in [6.07, 6.45) is 4.92. The fraction of sp³-hybridized carbons (Fsp3) is 0.550. The number of aromatic nitrogens is 1. The quantitative estimate of drug-likeness (QED) is 0.314. The average Bonchev–Trinajstić information content (AvgIpc) is 2.70. The molecule has 162 valence electrons. The molecular formula is C20H26IN5O4. The highest BCUT2D eigenvalue weighted by atomic mass is 127. The number of hydrogen-bond donors (Lipinski definition) is 3. The Balaban J connectivity index is 1.69. The van der Waals surface area contributed by atoms with Gasteiger partial charge in [0.15, 0.2) is 5.60 Å². The summed E-state index contributed by atoms with van der Waals surface area (Å²) in [6.45, 7) is 3.89. The molecule has 2 heterocycles. The molecule has 1 aromatic rings. The van der Waals surface area contributed by atoms with Crippen molar-refractivity contribution >= 4 is 46.2 Å². The van der Waals surface area contributed by atoms with Gasteiger partial charge >= 0.3 is 17.9 Å². The SMILES string of the molecule is CNC(=O)C(=O)N[C@@H](C)CC1CCC2(CC1)OC(=O)NN=C2c1cnc(I)cc1C. The van der Waals surface area contributed by atoms with Gasteiger partial charge in [-0.25, -0.2) is 15.2 Å². The Labute approximate surface area is 188 Å². The highest BCUT2D eigenvalue weighted by Gasteiger charge is 2.46. The van der Waals surface area contributed by atoms with Crippen LogP contribution in [0.3, 0.4) is 0 Å². The molecule has 10 heteroatoms. The Kier molecular flexibility index (Phi) is 6.94. The Hall–Kier alpha value is -2.24. The van der Waals surface area contributed by atoms with Crippen LogP contribution in [0.2, 0.25) is 0 Å². The molecular weight excluding hydrogens is 501 g/mol. The van der Waals surface area contributed by atoms with E-state index in [9.17, 15) is 14.4 Å². The molecule has 30 heavy (non-hydrogen) atoms. The second-order valence-corrected chi connectivity index (χ2v) is 9.02. The first kappa shape index (κ1) is 22.4. The number of nitrogens with one attached hydrogen (secondary N) is 3. The highest BCUT2D eigenvalue weighted by Crippen LogP contribution is 2.41. The van der Waals surface area contributed by atoms with Crippen molar-refractivity contribution in [3.05, 3.63) is 27.1 Å². The molecule has 1 fully saturated rings. The van der Waals surface area contributed by atoms with Gasteiger partial charge in [-0.2, -0.15) is 5.10 Å². The van der Waals surface area contributed by atoms with E-state index in [2.05, 4.69) is 48.7 Å². The van der Waals surface area contributed by atoms with Crippen molar-refractivity contribution in [3.63, 3.8) is 0 Å². The van der Waals surface area contributed by atoms with Crippen LogP contribution >= 0.6 is 22.6 Å². The molecule has 1 aliphatic carbocycles. The largest absolute Gasteiger partial charge is 0.435 e. The molecule has 1 aromatic heterocycles. The van der Waals surface area contributed by atoms with E-state index in [0.717, 1.165) is 34.1 Å². The van der Waals surface area contributed by atoms with Gasteiger partial charge in [0, 0.05) is 24.8 Å². The molecule has 3 N–H and O–H groups in total. The number of halogens is 1. The number of rotatable bonds is 4. The molecule has 9 nitrogen and oxygen atoms in total. The zero-order valence-corrected chi connectivity index (χ0v) is 19.4. The smallest absolute Gasteiger partial charge is 0.428 e. The van der Waals surface area contributed by atoms with Gasteiger partial charge in [-0.3, -0.25) is 9.59 Å². The Morgan fingerprint density at radius 2 is 2.07 bits per heavy atom. The second-order valence-electron chi connectivity index (χ2n) is 7.91. The molecule has 0 bridgehead atoms. The topological polar surface area (TPSA) is 122 Å². The Bertz CT molecular complexity index is 880. The molecule has 3 amide bonds. The number of hydrogen-bond acceptors (Lipinski definition) is 6. The predicted octanol–water partition coefficient (Wildman–Crippen LogP) is 2.01. The zero-order valence-electron chi connectivity index (χ0n) is 17.3. The number of amides is 3. The summed E-state index contributed by atoms with van der Waals surface area (Å²) < 4.78 is 6.69. The summed E-state index contributed by atoms with van der Waals surface area (Å²) >= 11 is 2.16. The lowest BCUT2D eigenvalue weighted by atomic mass is 9.72. The molecule has 1 saturated carbocycles. The number of aryl methyl sites for hydroxylation is 1. The third-order valence-electron chi connectivity index (χ3n) is 5.72. The minimum atomic E-state index is -0.771. The van der Waals surface area contributed by atoms with Crippen LogP contribution in [-0.4, -0.2) is 47.3 Å². The Morgan fingerprint density at radius 1 is 1.37 bits per heavy atom. The van der Waals surface area contributed by atoms with E-state index in [1.807, 2.05) is 19.9 Å². The zero-order chi connectivity index (χ0) is 21.9. The molecule has 0 radical (unpaired) electrons. The first-order valence-electron chi connectivity index (χ1n) is 9.96. The van der Waals surface area contributed by atoms with E-state index >= 15 is 0 Å². The van der Waals surface area contributed by atoms with Crippen LogP contribution in [0.1, 0.15) is 50.2 Å². The van der Waals surface area contributed by atoms with E-state index < -0.39 is 23.5 Å². The van der Waals surface area contributed by atoms with E-state index in [-0.39, 0.29) is 6.04 Å². The molecule has 1 spiro atoms. The summed E-state index contributed by atoms with van der Waals surface area (Å²) in [7, 11) is 1.43. The lowest BCUT2D eigenvalue weighted by Gasteiger charge is -2.42. The van der Waals surface area contributed by atoms with Crippen LogP contribution in [0.5, 0.6) is 0 Å². The van der Waals surface area contributed by atoms with Crippen LogP contribution < -0.4 is 16.1 Å². The predicted molar refractivity (Wildman–Crippen MR) is 119 cm³/mol. The maximum atomic E-state index is 12.0. The number of nitrogens with zero attached hydrogens (tertiary/aromatic N) is 2. The minimum absolute atomic E-state index is 0.125. The summed E-state index contributed by atoms with van der Waals surface area (Å²) in [5.74, 6) is -0.921. The third-order valence-corrected chi connectivity index (χ3v) is 6.31. The van der Waals surface area contributed by atoms with Crippen LogP contribution in [0.4, 0.5) is 4.79 Å². The highest BCUT2D eigenvalue weighted by molar-refractivity contribution is 14.1. The molecule has 2 aliphatic rings. The van der Waals surface area contributed by atoms with Gasteiger partial charge in [0.25, 0.3) is 0 Å². The fourth-order valence-corrected chi connectivity index (χ4v) is 4.81. The number of pyridine rings is 1. The van der Waals surface area contributed by atoms with Gasteiger partial charge in [-0.05, 0) is 86.1 Å². The van der Waals surface area contributed by atoms with Crippen molar-refractivity contribution in [2.24, 2.45) is 11.0 Å². The normalized spacial score (nSPS) is 24.3. The number of carbonyl (C=O) groups excluding carboxylic acids is 3. The molecule has 0 saturated heterocycles. The van der Waals surface area contributed by atoms with E-state index in [1.165, 1.54) is 7.05 Å². The third kappa shape index (κ3) is 4.90. The molecule has 1 aliphatic heterocycles. The van der Waals surface area contributed by atoms with Gasteiger partial charge in [0.05, 0.1) is 0 Å². The van der Waals surface area contributed by atoms with Gasteiger partial charge in [-0.15, -0.1) is 0 Å². The summed E-state index contributed by atoms with van der Waals surface area (Å²) in [6, 6.07) is 1.85. The van der Waals surface area contributed by atoms with Crippen LogP contribution in [-0.2, 0) is 14.3 Å². The molecule has 3 rings (SSSR count). The lowest BCUT2D eigenvalue weighted by Crippen LogP contribution is -2.53. The standard InChI is InChI=1S/C20H26IN5O4/c1-11-8-15(21)23-10-14(11)16-20(30-19(29)26-25-16)6-4-13(5-7-20)9-12(2)24-18(28)17(27)22-3/h8,10,12-13H,4-7,9H2,1-3H3,(H,22,27)(H,24,28)(H,26,29)/t12-,13?,20?/m0/s1. The van der Waals surface area contributed by atoms with Gasteiger partial charge in [-0.1, -0.05) is 0 Å². The van der Waals surface area contributed by atoms with Gasteiger partial charge < -0.3 is 15.4 Å². The van der Waals surface area contributed by atoms with Crippen molar-refractivity contribution in [2.75, 3.05) is 7.05 Å². The monoisotopic (exact) mass is 527 g/mol. The number of likely N-dealkylation sites (N-methyl/N-ethyl adjacent to an activating group) is 1. The maximum absolute atomic E-state index is 12.0. The van der Waals surface area contributed by atoms with Crippen molar-refractivity contribution in [3.8, 4) is 0 Å². The maximum Gasteiger partial charge on any atom is 0.428 e. The van der Waals surface area contributed by atoms with Crippen molar-refractivity contribution in [1.29, 1.82) is 0 Å². The summed E-state index contributed by atoms with van der Waals surface area (Å²) in [4.78, 5) is 39.5. The van der Waals surface area contributed by atoms with Gasteiger partial charge in [0.1, 0.15) is 9.41 Å². The molecule has 1 atom stereocenters. The van der Waals surface area contributed by atoms with Crippen molar-refractivity contribution in [1.82, 2.24) is 21.0 Å². The summed E-state index contributed by atoms with van der Waals surface area (Å²) in [5.41, 5.74) is 4.28. The second kappa shape index (κ2) is 9.27. The van der Waals surface area contributed by atoms with Crippen molar-refractivity contribution in [2.45, 2.75) is 57.6 Å². The van der Waals surface area contributed by atoms with Crippen LogP contribution in [0, 0.1) is 16.5 Å². The fourth-order valence-electron chi connectivity index (χ4n) is 4.21. The number of hydrazone groups is 1. The Morgan fingerprint density at radius 3 is 2.70 bits per heavy atom. The van der Waals surface area contributed by atoms with Gasteiger partial charge in [0.2, 0.25) is 0 Å². The summed E-state index contributed by atoms with van der Waals surface area (Å²) in [5, 5.41) is 9.40. The van der Waals surface area contributed by atoms with Crippen LogP contribution in [0.25, 0.3) is 0 Å². The van der Waals surface area contributed by atoms with E-state index in [0.29, 0.717) is 24.5 Å². The first-order chi connectivity index (χ1) is 14.2. The lowest BCUT2D eigenvalue weighted by molar-refractivity contribution is -0.139. The first-order valence-corrected chi connectivity index (χ1v) is 11.0. The molecule has 0 unspecified atom stereocenters. The number of ether oxygens (including phenoxy) is 1. The van der Waals surface area contributed by atoms with Crippen LogP contribution in [0.15, 0.2) is 17.4 Å². The van der Waals surface area contributed by atoms with E-state index in [1.54, 1.807) is 6.20 Å². The minimum Gasteiger partial charge on any atom is -0.435 e.